The number of amides is 2. The average molecular weight is 439 g/mol. The number of likely N-dealkylation sites (N-methyl/N-ethyl adjacent to an activating group) is 1. The van der Waals surface area contributed by atoms with Gasteiger partial charge in [0.2, 0.25) is 11.8 Å². The van der Waals surface area contributed by atoms with Crippen LogP contribution in [0.4, 0.5) is 11.4 Å². The van der Waals surface area contributed by atoms with Crippen LogP contribution in [0, 0.1) is 6.92 Å². The number of aromatic nitrogens is 1. The molecule has 162 valence electrons. The van der Waals surface area contributed by atoms with Gasteiger partial charge in [-0.3, -0.25) is 14.5 Å². The number of carbonyl (C=O) groups excluding carboxylic acids is 2. The number of hydrogen-bond acceptors (Lipinski definition) is 6. The predicted octanol–water partition coefficient (Wildman–Crippen LogP) is 4.03. The van der Waals surface area contributed by atoms with Crippen LogP contribution in [0.25, 0.3) is 11.3 Å². The van der Waals surface area contributed by atoms with E-state index in [2.05, 4.69) is 15.6 Å². The molecule has 2 amide bonds. The van der Waals surface area contributed by atoms with Crippen LogP contribution in [0.15, 0.2) is 53.9 Å². The molecule has 8 heteroatoms. The first-order valence-corrected chi connectivity index (χ1v) is 10.8. The number of hydrogen-bond donors (Lipinski definition) is 2. The highest BCUT2D eigenvalue weighted by Crippen LogP contribution is 2.24. The number of nitrogens with one attached hydrogen (secondary N) is 2. The zero-order valence-electron chi connectivity index (χ0n) is 17.8. The fourth-order valence-corrected chi connectivity index (χ4v) is 3.66. The van der Waals surface area contributed by atoms with Crippen LogP contribution >= 0.6 is 11.3 Å². The van der Waals surface area contributed by atoms with Gasteiger partial charge in [-0.1, -0.05) is 25.1 Å². The normalized spacial score (nSPS) is 10.7. The Hall–Kier alpha value is -3.23. The van der Waals surface area contributed by atoms with Crippen LogP contribution in [-0.4, -0.2) is 48.4 Å². The molecule has 0 aliphatic carbocycles. The number of benzene rings is 2. The van der Waals surface area contributed by atoms with Gasteiger partial charge < -0.3 is 15.4 Å². The summed E-state index contributed by atoms with van der Waals surface area (Å²) in [4.78, 5) is 31.2. The fraction of sp³-hybridized carbons (Fsp3) is 0.261. The summed E-state index contributed by atoms with van der Waals surface area (Å²) in [5.74, 6) is 0.297. The van der Waals surface area contributed by atoms with Crippen molar-refractivity contribution in [2.24, 2.45) is 0 Å². The van der Waals surface area contributed by atoms with E-state index in [9.17, 15) is 9.59 Å². The highest BCUT2D eigenvalue weighted by atomic mass is 32.1. The minimum atomic E-state index is -0.191. The number of ether oxygens (including phenoxy) is 1. The molecular weight excluding hydrogens is 412 g/mol. The van der Waals surface area contributed by atoms with Crippen molar-refractivity contribution >= 4 is 34.5 Å². The molecule has 2 N–H and O–H groups in total. The standard InChI is InChI=1S/C23H26N4O3S/c1-4-27(14-23(29)26-19-9-6-10-20(12-19)30-3)13-22(28)25-18-8-5-7-17(11-18)21-15-31-16(2)24-21/h5-12,15H,4,13-14H2,1-3H3,(H,25,28)(H,26,29). The molecule has 0 bridgehead atoms. The summed E-state index contributed by atoms with van der Waals surface area (Å²) in [6.07, 6.45) is 0. The highest BCUT2D eigenvalue weighted by Gasteiger charge is 2.14. The Balaban J connectivity index is 1.55. The van der Waals surface area contributed by atoms with Crippen molar-refractivity contribution in [1.29, 1.82) is 0 Å². The maximum Gasteiger partial charge on any atom is 0.238 e. The second kappa shape index (κ2) is 10.7. The topological polar surface area (TPSA) is 83.6 Å². The average Bonchev–Trinajstić information content (AvgIpc) is 3.20. The minimum absolute atomic E-state index is 0.110. The van der Waals surface area contributed by atoms with Crippen LogP contribution in [0.5, 0.6) is 5.75 Å². The molecule has 0 saturated heterocycles. The van der Waals surface area contributed by atoms with Crippen molar-refractivity contribution in [2.45, 2.75) is 13.8 Å². The number of thiazole rings is 1. The molecule has 0 saturated carbocycles. The molecule has 0 spiro atoms. The summed E-state index contributed by atoms with van der Waals surface area (Å²) in [7, 11) is 1.58. The summed E-state index contributed by atoms with van der Waals surface area (Å²) >= 11 is 1.59. The lowest BCUT2D eigenvalue weighted by atomic mass is 10.1. The van der Waals surface area contributed by atoms with Crippen molar-refractivity contribution < 1.29 is 14.3 Å². The number of rotatable bonds is 9. The summed E-state index contributed by atoms with van der Waals surface area (Å²) < 4.78 is 5.17. The van der Waals surface area contributed by atoms with E-state index >= 15 is 0 Å². The molecule has 0 unspecified atom stereocenters. The van der Waals surface area contributed by atoms with Gasteiger partial charge in [0, 0.05) is 28.4 Å². The lowest BCUT2D eigenvalue weighted by molar-refractivity contribution is -0.119. The number of aryl methyl sites for hydroxylation is 1. The molecule has 1 aromatic heterocycles. The zero-order chi connectivity index (χ0) is 22.2. The van der Waals surface area contributed by atoms with Gasteiger partial charge in [-0.15, -0.1) is 11.3 Å². The third-order valence-corrected chi connectivity index (χ3v) is 5.37. The van der Waals surface area contributed by atoms with Gasteiger partial charge in [-0.25, -0.2) is 4.98 Å². The van der Waals surface area contributed by atoms with E-state index in [4.69, 9.17) is 4.74 Å². The summed E-state index contributed by atoms with van der Waals surface area (Å²) in [6, 6.07) is 14.7. The van der Waals surface area contributed by atoms with E-state index in [0.29, 0.717) is 23.7 Å². The van der Waals surface area contributed by atoms with Gasteiger partial charge in [0.15, 0.2) is 0 Å². The van der Waals surface area contributed by atoms with Crippen LogP contribution < -0.4 is 15.4 Å². The van der Waals surface area contributed by atoms with E-state index < -0.39 is 0 Å². The molecule has 7 nitrogen and oxygen atoms in total. The number of methoxy groups -OCH3 is 1. The fourth-order valence-electron chi connectivity index (χ4n) is 3.04. The van der Waals surface area contributed by atoms with Crippen LogP contribution in [0.1, 0.15) is 11.9 Å². The Morgan fingerprint density at radius 2 is 1.68 bits per heavy atom. The van der Waals surface area contributed by atoms with Crippen molar-refractivity contribution in [2.75, 3.05) is 37.4 Å². The Morgan fingerprint density at radius 3 is 2.26 bits per heavy atom. The molecule has 0 aliphatic rings. The zero-order valence-corrected chi connectivity index (χ0v) is 18.7. The first kappa shape index (κ1) is 22.5. The minimum Gasteiger partial charge on any atom is -0.497 e. The van der Waals surface area contributed by atoms with E-state index in [-0.39, 0.29) is 24.9 Å². The van der Waals surface area contributed by atoms with E-state index in [1.165, 1.54) is 0 Å². The number of nitrogens with zero attached hydrogens (tertiary/aromatic N) is 2. The monoisotopic (exact) mass is 438 g/mol. The van der Waals surface area contributed by atoms with Gasteiger partial charge >= 0.3 is 0 Å². The van der Waals surface area contributed by atoms with Crippen molar-refractivity contribution in [3.8, 4) is 17.0 Å². The second-order valence-corrected chi connectivity index (χ2v) is 8.03. The Labute approximate surface area is 186 Å². The highest BCUT2D eigenvalue weighted by molar-refractivity contribution is 7.09. The van der Waals surface area contributed by atoms with Gasteiger partial charge in [0.1, 0.15) is 5.75 Å². The molecule has 0 atom stereocenters. The summed E-state index contributed by atoms with van der Waals surface area (Å²) in [6.45, 7) is 4.67. The quantitative estimate of drug-likeness (QED) is 0.527. The molecule has 3 rings (SSSR count). The third-order valence-electron chi connectivity index (χ3n) is 4.60. The first-order valence-electron chi connectivity index (χ1n) is 9.95. The smallest absolute Gasteiger partial charge is 0.238 e. The van der Waals surface area contributed by atoms with Gasteiger partial charge in [0.05, 0.1) is 30.9 Å². The molecule has 0 fully saturated rings. The molecule has 0 aliphatic heterocycles. The van der Waals surface area contributed by atoms with Gasteiger partial charge in [0.25, 0.3) is 0 Å². The molecule has 1 heterocycles. The van der Waals surface area contributed by atoms with Gasteiger partial charge in [-0.05, 0) is 37.7 Å². The largest absolute Gasteiger partial charge is 0.497 e. The van der Waals surface area contributed by atoms with E-state index in [1.807, 2.05) is 49.6 Å². The number of anilines is 2. The molecule has 3 aromatic rings. The SMILES string of the molecule is CCN(CC(=O)Nc1cccc(OC)c1)CC(=O)Nc1cccc(-c2csc(C)n2)c1. The Kier molecular flexibility index (Phi) is 7.75. The van der Waals surface area contributed by atoms with Crippen molar-refractivity contribution in [3.05, 3.63) is 58.9 Å². The maximum atomic E-state index is 12.5. The molecular formula is C23H26N4O3S. The molecule has 0 radical (unpaired) electrons. The van der Waals surface area contributed by atoms with Crippen LogP contribution in [0.3, 0.4) is 0 Å². The van der Waals surface area contributed by atoms with Crippen LogP contribution in [-0.2, 0) is 9.59 Å². The first-order chi connectivity index (χ1) is 15.0. The molecule has 2 aromatic carbocycles. The lowest BCUT2D eigenvalue weighted by Gasteiger charge is -2.19. The van der Waals surface area contributed by atoms with E-state index in [1.54, 1.807) is 41.5 Å². The van der Waals surface area contributed by atoms with E-state index in [0.717, 1.165) is 16.3 Å². The number of carbonyl (C=O) groups is 2. The summed E-state index contributed by atoms with van der Waals surface area (Å²) in [5, 5.41) is 8.73. The Morgan fingerprint density at radius 1 is 1.03 bits per heavy atom. The summed E-state index contributed by atoms with van der Waals surface area (Å²) in [5.41, 5.74) is 3.19. The van der Waals surface area contributed by atoms with Crippen LogP contribution in [0.2, 0.25) is 0 Å². The van der Waals surface area contributed by atoms with Gasteiger partial charge in [-0.2, -0.15) is 0 Å². The second-order valence-electron chi connectivity index (χ2n) is 6.96. The maximum absolute atomic E-state index is 12.5. The Bertz CT molecular complexity index is 1050. The van der Waals surface area contributed by atoms with Crippen molar-refractivity contribution in [1.82, 2.24) is 9.88 Å². The third kappa shape index (κ3) is 6.63. The lowest BCUT2D eigenvalue weighted by Crippen LogP contribution is -2.38. The molecule has 31 heavy (non-hydrogen) atoms. The predicted molar refractivity (Wildman–Crippen MR) is 125 cm³/mol. The van der Waals surface area contributed by atoms with Crippen molar-refractivity contribution in [3.63, 3.8) is 0 Å².